The van der Waals surface area contributed by atoms with E-state index < -0.39 is 0 Å². The first kappa shape index (κ1) is 41.8. The Hall–Kier alpha value is -2.20. The van der Waals surface area contributed by atoms with Crippen molar-refractivity contribution in [1.82, 2.24) is 4.98 Å². The van der Waals surface area contributed by atoms with Crippen molar-refractivity contribution in [3.63, 3.8) is 0 Å². The fourth-order valence-electron chi connectivity index (χ4n) is 4.96. The minimum atomic E-state index is -0.146. The zero-order chi connectivity index (χ0) is 33.5. The molecule has 5 nitrogen and oxygen atoms in total. The normalized spacial score (nSPS) is 11.0. The Morgan fingerprint density at radius 1 is 0.652 bits per heavy atom. The Morgan fingerprint density at radius 3 is 1.70 bits per heavy atom. The van der Waals surface area contributed by atoms with E-state index in [1.54, 1.807) is 53.6 Å². The van der Waals surface area contributed by atoms with Crippen molar-refractivity contribution in [3.05, 3.63) is 126 Å². The number of thiophene rings is 1. The SMILES string of the molecule is C[N-]C.C[N-]C.C[N-]C.Cc1ccccc1C([N-]c1c(C(C)C)cccc1C(C)C)c1nc(-c2c(C)sc3ccccc23)cs1.[Hf+4]. The molecule has 0 saturated heterocycles. The molecule has 5 aromatic rings. The van der Waals surface area contributed by atoms with Gasteiger partial charge in [0.2, 0.25) is 0 Å². The second-order valence-corrected chi connectivity index (χ2v) is 13.6. The van der Waals surface area contributed by atoms with E-state index in [1.807, 2.05) is 11.3 Å². The van der Waals surface area contributed by atoms with Crippen LogP contribution >= 0.6 is 22.7 Å². The minimum Gasteiger partial charge on any atom is -0.672 e. The molecule has 244 valence electrons. The molecule has 0 bridgehead atoms. The van der Waals surface area contributed by atoms with Crippen LogP contribution in [0, 0.1) is 13.8 Å². The number of aromatic nitrogens is 1. The molecule has 1 unspecified atom stereocenters. The Labute approximate surface area is 305 Å². The summed E-state index contributed by atoms with van der Waals surface area (Å²) < 4.78 is 1.31. The van der Waals surface area contributed by atoms with Gasteiger partial charge in [0.25, 0.3) is 0 Å². The molecule has 1 atom stereocenters. The fraction of sp³-hybridized carbons (Fsp3) is 0.395. The molecule has 0 N–H and O–H groups in total. The minimum absolute atomic E-state index is 0. The smallest absolute Gasteiger partial charge is 0.672 e. The van der Waals surface area contributed by atoms with Crippen LogP contribution in [0.4, 0.5) is 5.69 Å². The molecule has 2 heterocycles. The van der Waals surface area contributed by atoms with Crippen LogP contribution in [0.25, 0.3) is 42.6 Å². The molecule has 0 aliphatic rings. The molecule has 0 amide bonds. The third-order valence-electron chi connectivity index (χ3n) is 6.87. The van der Waals surface area contributed by atoms with Gasteiger partial charge >= 0.3 is 25.8 Å². The maximum atomic E-state index is 5.53. The second-order valence-electron chi connectivity index (χ2n) is 11.4. The van der Waals surface area contributed by atoms with E-state index in [4.69, 9.17) is 10.3 Å². The van der Waals surface area contributed by atoms with E-state index in [-0.39, 0.29) is 31.9 Å². The summed E-state index contributed by atoms with van der Waals surface area (Å²) in [6.07, 6.45) is 0. The predicted molar refractivity (Wildman–Crippen MR) is 204 cm³/mol. The van der Waals surface area contributed by atoms with Gasteiger partial charge in [0.1, 0.15) is 0 Å². The van der Waals surface area contributed by atoms with Crippen LogP contribution in [0.2, 0.25) is 0 Å². The van der Waals surface area contributed by atoms with Gasteiger partial charge in [-0.15, -0.1) is 28.4 Å². The Bertz CT molecular complexity index is 1540. The van der Waals surface area contributed by atoms with Crippen molar-refractivity contribution < 1.29 is 25.8 Å². The molecule has 0 saturated carbocycles. The summed E-state index contributed by atoms with van der Waals surface area (Å²) in [7, 11) is 10.5. The predicted octanol–water partition coefficient (Wildman–Crippen LogP) is 12.5. The topological polar surface area (TPSA) is 69.3 Å². The van der Waals surface area contributed by atoms with Crippen molar-refractivity contribution in [3.8, 4) is 11.3 Å². The summed E-state index contributed by atoms with van der Waals surface area (Å²) in [5.74, 6) is 0.790. The maximum Gasteiger partial charge on any atom is 4.00 e. The average Bonchev–Trinajstić information content (AvgIpc) is 3.61. The van der Waals surface area contributed by atoms with Crippen molar-refractivity contribution in [1.29, 1.82) is 0 Å². The number of para-hydroxylation sites is 1. The molecule has 5 rings (SSSR count). The third-order valence-corrected chi connectivity index (χ3v) is 8.85. The van der Waals surface area contributed by atoms with Crippen molar-refractivity contribution in [2.75, 3.05) is 42.3 Å². The quantitative estimate of drug-likeness (QED) is 0.151. The molecule has 2 aromatic heterocycles. The summed E-state index contributed by atoms with van der Waals surface area (Å²) >= 11 is 3.57. The number of aryl methyl sites for hydroxylation is 2. The van der Waals surface area contributed by atoms with Crippen molar-refractivity contribution >= 4 is 38.4 Å². The van der Waals surface area contributed by atoms with Gasteiger partial charge < -0.3 is 21.3 Å². The number of fused-ring (bicyclic) bond motifs is 1. The van der Waals surface area contributed by atoms with Crippen LogP contribution in [0.3, 0.4) is 0 Å². The molecule has 0 fully saturated rings. The monoisotopic (exact) mass is 821 g/mol. The molecule has 8 heteroatoms. The zero-order valence-electron chi connectivity index (χ0n) is 29.7. The van der Waals surface area contributed by atoms with E-state index in [0.29, 0.717) is 11.8 Å². The standard InChI is InChI=1S/C32H33N2S2.3C2H6N.Hf/c1-19(2)23-15-11-16-24(20(3)4)30(23)34-31(25-13-8-7-12-21(25)5)32-33-27(18-35-32)29-22(6)36-28-17-10-9-14-26(28)29;3*1-3-2;/h7-20,31H,1-6H3;3*1-2H3;/q4*-1;+4. The number of thiazole rings is 1. The van der Waals surface area contributed by atoms with Gasteiger partial charge in [-0.1, -0.05) is 105 Å². The first-order chi connectivity index (χ1) is 21.6. The Balaban J connectivity index is 0.000000952. The van der Waals surface area contributed by atoms with Gasteiger partial charge in [0, 0.05) is 25.9 Å². The van der Waals surface area contributed by atoms with Gasteiger partial charge in [0.05, 0.1) is 10.7 Å². The van der Waals surface area contributed by atoms with Gasteiger partial charge in [-0.05, 0) is 43.4 Å². The van der Waals surface area contributed by atoms with Gasteiger partial charge in [0.15, 0.2) is 0 Å². The van der Waals surface area contributed by atoms with E-state index >= 15 is 0 Å². The molecule has 0 radical (unpaired) electrons. The van der Waals surface area contributed by atoms with Gasteiger partial charge in [-0.3, -0.25) is 0 Å². The van der Waals surface area contributed by atoms with E-state index in [2.05, 4.69) is 130 Å². The average molecular weight is 820 g/mol. The van der Waals surface area contributed by atoms with Gasteiger partial charge in [-0.2, -0.15) is 42.3 Å². The molecule has 0 aliphatic carbocycles. The summed E-state index contributed by atoms with van der Waals surface area (Å²) in [5, 5.41) is 20.6. The molecule has 0 spiro atoms. The molecule has 0 aliphatic heterocycles. The number of hydrogen-bond donors (Lipinski definition) is 0. The van der Waals surface area contributed by atoms with Crippen LogP contribution < -0.4 is 0 Å². The molecule has 3 aromatic carbocycles. The fourth-order valence-corrected chi connectivity index (χ4v) is 6.89. The first-order valence-corrected chi connectivity index (χ1v) is 17.1. The van der Waals surface area contributed by atoms with Crippen LogP contribution in [0.5, 0.6) is 0 Å². The molecular formula is C38H51HfN5S2. The summed E-state index contributed by atoms with van der Waals surface area (Å²) in [6.45, 7) is 13.4. The van der Waals surface area contributed by atoms with Gasteiger partial charge in [-0.25, -0.2) is 4.98 Å². The first-order valence-electron chi connectivity index (χ1n) is 15.4. The van der Waals surface area contributed by atoms with Crippen molar-refractivity contribution in [2.24, 2.45) is 0 Å². The third kappa shape index (κ3) is 11.2. The van der Waals surface area contributed by atoms with E-state index in [1.165, 1.54) is 42.8 Å². The van der Waals surface area contributed by atoms with Crippen molar-refractivity contribution in [2.45, 2.75) is 59.4 Å². The number of benzene rings is 3. The van der Waals surface area contributed by atoms with E-state index in [9.17, 15) is 0 Å². The zero-order valence-corrected chi connectivity index (χ0v) is 34.9. The van der Waals surface area contributed by atoms with Crippen LogP contribution in [-0.4, -0.2) is 47.3 Å². The molecular weight excluding hydrogens is 769 g/mol. The number of nitrogens with zero attached hydrogens (tertiary/aromatic N) is 5. The summed E-state index contributed by atoms with van der Waals surface area (Å²) in [4.78, 5) is 6.57. The maximum absolute atomic E-state index is 5.53. The second kappa shape index (κ2) is 21.6. The summed E-state index contributed by atoms with van der Waals surface area (Å²) in [5.41, 5.74) is 8.51. The molecule has 46 heavy (non-hydrogen) atoms. The number of rotatable bonds is 7. The summed E-state index contributed by atoms with van der Waals surface area (Å²) in [6, 6.07) is 23.8. The van der Waals surface area contributed by atoms with Crippen LogP contribution in [0.15, 0.2) is 72.1 Å². The van der Waals surface area contributed by atoms with Crippen LogP contribution in [-0.2, 0) is 25.8 Å². The van der Waals surface area contributed by atoms with Crippen LogP contribution in [0.1, 0.15) is 77.7 Å². The van der Waals surface area contributed by atoms with E-state index in [0.717, 1.165) is 16.4 Å². The largest absolute Gasteiger partial charge is 4.00 e. The Kier molecular flexibility index (Phi) is 19.7. The number of hydrogen-bond acceptors (Lipinski definition) is 3. The Morgan fingerprint density at radius 2 is 1.15 bits per heavy atom.